The van der Waals surface area contributed by atoms with Crippen molar-refractivity contribution < 1.29 is 18.1 Å². The third kappa shape index (κ3) is 5.41. The molecule has 0 spiro atoms. The van der Waals surface area contributed by atoms with Gasteiger partial charge in [0, 0.05) is 46.7 Å². The molecule has 0 bridgehead atoms. The standard InChI is InChI=1S/C45H38N3O/c1-31-23-26-42(48(4)30-31)44-32(24-25-38-37-19-9-10-22-43(37)49-45(38)44)29-39(33-15-5-7-17-35(33)40-20-11-13-27-46(40)2)34-16-6-8-18-36(34)41-21-12-14-28-47(41)3/h5-30H,1-4H3/q+3. The van der Waals surface area contributed by atoms with Crippen LogP contribution in [0.25, 0.3) is 67.4 Å². The molecule has 0 saturated heterocycles. The quantitative estimate of drug-likeness (QED) is 0.132. The number of nitrogens with zero attached hydrogens (tertiary/aromatic N) is 3. The van der Waals surface area contributed by atoms with Crippen LogP contribution in [0.4, 0.5) is 0 Å². The highest BCUT2D eigenvalue weighted by atomic mass is 16.3. The molecule has 0 fully saturated rings. The van der Waals surface area contributed by atoms with Crippen LogP contribution in [-0.4, -0.2) is 0 Å². The maximum absolute atomic E-state index is 6.73. The highest BCUT2D eigenvalue weighted by Crippen LogP contribution is 2.42. The van der Waals surface area contributed by atoms with E-state index < -0.39 is 0 Å². The maximum Gasteiger partial charge on any atom is 0.216 e. The van der Waals surface area contributed by atoms with Crippen LogP contribution in [0.15, 0.2) is 156 Å². The van der Waals surface area contributed by atoms with Crippen LogP contribution in [0, 0.1) is 6.92 Å². The Hall–Kier alpha value is -6.13. The van der Waals surface area contributed by atoms with Crippen molar-refractivity contribution >= 4 is 33.6 Å². The van der Waals surface area contributed by atoms with Crippen molar-refractivity contribution in [3.8, 4) is 33.8 Å². The summed E-state index contributed by atoms with van der Waals surface area (Å²) in [6.45, 7) is 2.13. The molecular weight excluding hydrogens is 599 g/mol. The summed E-state index contributed by atoms with van der Waals surface area (Å²) in [4.78, 5) is 0. The first-order chi connectivity index (χ1) is 24.0. The van der Waals surface area contributed by atoms with E-state index in [4.69, 9.17) is 4.42 Å². The number of benzene rings is 4. The van der Waals surface area contributed by atoms with Gasteiger partial charge in [-0.05, 0) is 77.7 Å². The van der Waals surface area contributed by atoms with Gasteiger partial charge in [-0.15, -0.1) is 0 Å². The molecule has 4 aromatic carbocycles. The fourth-order valence-corrected chi connectivity index (χ4v) is 7.14. The first-order valence-electron chi connectivity index (χ1n) is 16.7. The topological polar surface area (TPSA) is 24.8 Å². The first-order valence-corrected chi connectivity index (χ1v) is 16.7. The molecule has 236 valence electrons. The van der Waals surface area contributed by atoms with Crippen molar-refractivity contribution in [2.75, 3.05) is 0 Å². The molecule has 4 aromatic heterocycles. The molecule has 0 unspecified atom stereocenters. The van der Waals surface area contributed by atoms with Crippen molar-refractivity contribution in [2.45, 2.75) is 6.92 Å². The van der Waals surface area contributed by atoms with Gasteiger partial charge < -0.3 is 4.42 Å². The molecule has 0 aliphatic rings. The summed E-state index contributed by atoms with van der Waals surface area (Å²) in [6, 6.07) is 47.4. The summed E-state index contributed by atoms with van der Waals surface area (Å²) >= 11 is 0. The van der Waals surface area contributed by atoms with Gasteiger partial charge in [0.2, 0.25) is 17.1 Å². The van der Waals surface area contributed by atoms with Gasteiger partial charge in [0.1, 0.15) is 32.3 Å². The van der Waals surface area contributed by atoms with Gasteiger partial charge in [0.25, 0.3) is 0 Å². The van der Waals surface area contributed by atoms with E-state index in [1.807, 2.05) is 6.07 Å². The second-order valence-electron chi connectivity index (χ2n) is 12.8. The average molecular weight is 637 g/mol. The Bertz CT molecular complexity index is 2470. The van der Waals surface area contributed by atoms with Gasteiger partial charge in [-0.3, -0.25) is 0 Å². The number of hydrogen-bond acceptors (Lipinski definition) is 1. The summed E-state index contributed by atoms with van der Waals surface area (Å²) in [5.41, 5.74) is 14.3. The lowest BCUT2D eigenvalue weighted by Gasteiger charge is -2.17. The Morgan fingerprint density at radius 2 is 1.12 bits per heavy atom. The number of rotatable bonds is 6. The molecule has 4 nitrogen and oxygen atoms in total. The van der Waals surface area contributed by atoms with Crippen LogP contribution in [0.3, 0.4) is 0 Å². The molecule has 8 rings (SSSR count). The van der Waals surface area contributed by atoms with Crippen molar-refractivity contribution in [2.24, 2.45) is 21.1 Å². The highest BCUT2D eigenvalue weighted by molar-refractivity contribution is 6.12. The van der Waals surface area contributed by atoms with E-state index in [0.717, 1.165) is 78.0 Å². The second kappa shape index (κ2) is 12.5. The monoisotopic (exact) mass is 636 g/mol. The molecule has 0 aliphatic heterocycles. The molecule has 4 heteroatoms. The van der Waals surface area contributed by atoms with E-state index in [1.165, 1.54) is 5.56 Å². The van der Waals surface area contributed by atoms with E-state index in [9.17, 15) is 0 Å². The maximum atomic E-state index is 6.73. The number of para-hydroxylation sites is 1. The predicted molar refractivity (Wildman–Crippen MR) is 198 cm³/mol. The van der Waals surface area contributed by atoms with Crippen LogP contribution >= 0.6 is 0 Å². The zero-order chi connectivity index (χ0) is 33.5. The third-order valence-corrected chi connectivity index (χ3v) is 9.51. The molecule has 0 N–H and O–H groups in total. The Kier molecular flexibility index (Phi) is 7.69. The first kappa shape index (κ1) is 30.2. The highest BCUT2D eigenvalue weighted by Gasteiger charge is 2.25. The predicted octanol–water partition coefficient (Wildman–Crippen LogP) is 8.96. The van der Waals surface area contributed by atoms with E-state index in [2.05, 4.69) is 194 Å². The number of aryl methyl sites for hydroxylation is 4. The van der Waals surface area contributed by atoms with Crippen molar-refractivity contribution in [1.82, 2.24) is 0 Å². The molecule has 49 heavy (non-hydrogen) atoms. The lowest BCUT2D eigenvalue weighted by atomic mass is 9.86. The minimum atomic E-state index is 0.888. The minimum absolute atomic E-state index is 0.888. The van der Waals surface area contributed by atoms with Crippen molar-refractivity contribution in [3.63, 3.8) is 0 Å². The van der Waals surface area contributed by atoms with Crippen molar-refractivity contribution in [1.29, 1.82) is 0 Å². The molecule has 0 saturated carbocycles. The molecule has 0 atom stereocenters. The largest absolute Gasteiger partial charge is 0.455 e. The Balaban J connectivity index is 1.49. The van der Waals surface area contributed by atoms with E-state index in [1.54, 1.807) is 0 Å². The fourth-order valence-electron chi connectivity index (χ4n) is 7.14. The molecule has 8 aromatic rings. The minimum Gasteiger partial charge on any atom is -0.455 e. The molecule has 0 radical (unpaired) electrons. The van der Waals surface area contributed by atoms with Gasteiger partial charge in [-0.1, -0.05) is 60.7 Å². The summed E-state index contributed by atoms with van der Waals surface area (Å²) in [6.07, 6.45) is 8.77. The van der Waals surface area contributed by atoms with Gasteiger partial charge >= 0.3 is 0 Å². The normalized spacial score (nSPS) is 11.3. The molecule has 4 heterocycles. The van der Waals surface area contributed by atoms with Crippen LogP contribution in [0.1, 0.15) is 22.3 Å². The Morgan fingerprint density at radius 3 is 1.76 bits per heavy atom. The summed E-state index contributed by atoms with van der Waals surface area (Å²) in [7, 11) is 6.34. The number of hydrogen-bond donors (Lipinski definition) is 0. The van der Waals surface area contributed by atoms with Crippen LogP contribution in [0.5, 0.6) is 0 Å². The fraction of sp³-hybridized carbons (Fsp3) is 0.0889. The SMILES string of the molecule is Cc1ccc(-c2c(C=C(c3ccccc3-c3cccc[n+]3C)c3ccccc3-c3cccc[n+]3C)ccc3c2oc2ccccc23)[n+](C)c1. The Labute approximate surface area is 287 Å². The van der Waals surface area contributed by atoms with E-state index >= 15 is 0 Å². The number of pyridine rings is 3. The van der Waals surface area contributed by atoms with Crippen LogP contribution in [-0.2, 0) is 21.1 Å². The lowest BCUT2D eigenvalue weighted by Crippen LogP contribution is -2.31. The Morgan fingerprint density at radius 1 is 0.531 bits per heavy atom. The zero-order valence-corrected chi connectivity index (χ0v) is 28.3. The summed E-state index contributed by atoms with van der Waals surface area (Å²) in [5, 5.41) is 2.23. The van der Waals surface area contributed by atoms with E-state index in [0.29, 0.717) is 0 Å². The van der Waals surface area contributed by atoms with Gasteiger partial charge in [-0.25, -0.2) is 13.7 Å². The molecule has 0 amide bonds. The summed E-state index contributed by atoms with van der Waals surface area (Å²) < 4.78 is 13.3. The zero-order valence-electron chi connectivity index (χ0n) is 28.3. The molecule has 0 aliphatic carbocycles. The van der Waals surface area contributed by atoms with Crippen molar-refractivity contribution in [3.05, 3.63) is 174 Å². The average Bonchev–Trinajstić information content (AvgIpc) is 3.50. The van der Waals surface area contributed by atoms with Crippen LogP contribution in [0.2, 0.25) is 0 Å². The lowest BCUT2D eigenvalue weighted by molar-refractivity contribution is -0.660. The van der Waals surface area contributed by atoms with Gasteiger partial charge in [-0.2, -0.15) is 0 Å². The van der Waals surface area contributed by atoms with E-state index in [-0.39, 0.29) is 0 Å². The number of aromatic nitrogens is 3. The number of furan rings is 1. The third-order valence-electron chi connectivity index (χ3n) is 9.51. The number of fused-ring (bicyclic) bond motifs is 3. The van der Waals surface area contributed by atoms with Gasteiger partial charge in [0.15, 0.2) is 18.6 Å². The molecular formula is C45H38N3O+3. The smallest absolute Gasteiger partial charge is 0.216 e. The summed E-state index contributed by atoms with van der Waals surface area (Å²) in [5.74, 6) is 0. The van der Waals surface area contributed by atoms with Gasteiger partial charge in [0.05, 0.1) is 16.7 Å². The second-order valence-corrected chi connectivity index (χ2v) is 12.8. The van der Waals surface area contributed by atoms with Crippen LogP contribution < -0.4 is 13.7 Å².